The van der Waals surface area contributed by atoms with Crippen molar-refractivity contribution in [1.29, 1.82) is 0 Å². The van der Waals surface area contributed by atoms with Crippen LogP contribution in [0.4, 0.5) is 5.69 Å². The van der Waals surface area contributed by atoms with Crippen molar-refractivity contribution in [1.82, 2.24) is 0 Å². The number of thioether (sulfide) groups is 1. The van der Waals surface area contributed by atoms with E-state index >= 15 is 0 Å². The summed E-state index contributed by atoms with van der Waals surface area (Å²) >= 11 is 7.21. The van der Waals surface area contributed by atoms with Crippen LogP contribution < -0.4 is 5.32 Å². The highest BCUT2D eigenvalue weighted by Gasteiger charge is 2.13. The Morgan fingerprint density at radius 1 is 1.36 bits per heavy atom. The van der Waals surface area contributed by atoms with Gasteiger partial charge in [-0.2, -0.15) is 0 Å². The number of halogens is 1. The Kier molecular flexibility index (Phi) is 1.80. The van der Waals surface area contributed by atoms with Crippen LogP contribution in [0.5, 0.6) is 0 Å². The lowest BCUT2D eigenvalue weighted by Crippen LogP contribution is -1.85. The number of nitrogens with one attached hydrogen (secondary N) is 1. The van der Waals surface area contributed by atoms with Gasteiger partial charge in [-0.3, -0.25) is 0 Å². The fourth-order valence-electron chi connectivity index (χ4n) is 0.985. The summed E-state index contributed by atoms with van der Waals surface area (Å²) in [4.78, 5) is 1.24. The fourth-order valence-corrected chi connectivity index (χ4v) is 1.99. The van der Waals surface area contributed by atoms with Crippen LogP contribution in [0.3, 0.4) is 0 Å². The van der Waals surface area contributed by atoms with Gasteiger partial charge in [0, 0.05) is 10.4 Å². The summed E-state index contributed by atoms with van der Waals surface area (Å²) in [5.41, 5.74) is 2.70. The molecule has 3 heteroatoms. The van der Waals surface area contributed by atoms with Gasteiger partial charge in [-0.15, -0.1) is 0 Å². The maximum absolute atomic E-state index is 5.55. The van der Waals surface area contributed by atoms with Crippen LogP contribution in [0.2, 0.25) is 0 Å². The highest BCUT2D eigenvalue weighted by atomic mass is 35.5. The zero-order chi connectivity index (χ0) is 7.68. The van der Waals surface area contributed by atoms with Gasteiger partial charge in [0.1, 0.15) is 0 Å². The molecule has 0 radical (unpaired) electrons. The van der Waals surface area contributed by atoms with Gasteiger partial charge < -0.3 is 5.32 Å². The largest absolute Gasteiger partial charge is 0.348 e. The number of rotatable bonds is 0. The molecule has 0 atom stereocenters. The minimum atomic E-state index is 0.993. The maximum atomic E-state index is 5.55. The zero-order valence-corrected chi connectivity index (χ0v) is 7.25. The number of anilines is 1. The first-order valence-electron chi connectivity index (χ1n) is 3.24. The van der Waals surface area contributed by atoms with E-state index in [0.717, 1.165) is 10.7 Å². The predicted molar refractivity (Wildman–Crippen MR) is 49.9 cm³/mol. The van der Waals surface area contributed by atoms with Crippen molar-refractivity contribution < 1.29 is 0 Å². The highest BCUT2D eigenvalue weighted by molar-refractivity contribution is 8.03. The molecule has 1 aromatic rings. The van der Waals surface area contributed by atoms with E-state index in [-0.39, 0.29) is 0 Å². The van der Waals surface area contributed by atoms with Gasteiger partial charge in [-0.1, -0.05) is 35.5 Å². The minimum absolute atomic E-state index is 0.993. The quantitative estimate of drug-likeness (QED) is 0.663. The van der Waals surface area contributed by atoms with Gasteiger partial charge in [-0.05, 0) is 12.1 Å². The Morgan fingerprint density at radius 3 is 2.91 bits per heavy atom. The Hall–Kier alpha value is -0.600. The second-order valence-electron chi connectivity index (χ2n) is 2.20. The van der Waals surface area contributed by atoms with Crippen molar-refractivity contribution in [2.45, 2.75) is 4.90 Å². The van der Waals surface area contributed by atoms with Crippen LogP contribution in [0, 0.1) is 0 Å². The maximum Gasteiger partial charge on any atom is 0.0890 e. The SMILES string of the molecule is ClC=C1Nc2ccccc2S1. The summed E-state index contributed by atoms with van der Waals surface area (Å²) in [6.45, 7) is 0. The molecule has 1 aliphatic rings. The second kappa shape index (κ2) is 2.80. The van der Waals surface area contributed by atoms with Crippen molar-refractivity contribution >= 4 is 29.1 Å². The molecule has 1 heterocycles. The molecule has 0 saturated carbocycles. The first-order valence-corrected chi connectivity index (χ1v) is 4.50. The molecule has 2 rings (SSSR count). The number of benzene rings is 1. The lowest BCUT2D eigenvalue weighted by molar-refractivity contribution is 1.46. The van der Waals surface area contributed by atoms with E-state index in [1.54, 1.807) is 17.3 Å². The lowest BCUT2D eigenvalue weighted by Gasteiger charge is -1.93. The molecule has 0 bridgehead atoms. The molecular formula is C8H6ClNS. The first-order chi connectivity index (χ1) is 5.40. The Morgan fingerprint density at radius 2 is 2.18 bits per heavy atom. The van der Waals surface area contributed by atoms with Crippen LogP contribution in [-0.2, 0) is 0 Å². The number of hydrogen-bond donors (Lipinski definition) is 1. The summed E-state index contributed by atoms with van der Waals surface area (Å²) in [7, 11) is 0. The van der Waals surface area contributed by atoms with E-state index in [0.29, 0.717) is 0 Å². The molecule has 11 heavy (non-hydrogen) atoms. The topological polar surface area (TPSA) is 12.0 Å². The monoisotopic (exact) mass is 183 g/mol. The van der Waals surface area contributed by atoms with E-state index < -0.39 is 0 Å². The molecule has 0 aliphatic carbocycles. The van der Waals surface area contributed by atoms with Crippen molar-refractivity contribution in [3.05, 3.63) is 34.8 Å². The van der Waals surface area contributed by atoms with Crippen LogP contribution >= 0.6 is 23.4 Å². The van der Waals surface area contributed by atoms with Gasteiger partial charge in [0.15, 0.2) is 0 Å². The van der Waals surface area contributed by atoms with Gasteiger partial charge in [0.2, 0.25) is 0 Å². The van der Waals surface area contributed by atoms with Gasteiger partial charge >= 0.3 is 0 Å². The van der Waals surface area contributed by atoms with Crippen LogP contribution in [0.1, 0.15) is 0 Å². The normalized spacial score (nSPS) is 18.1. The Balaban J connectivity index is 2.41. The van der Waals surface area contributed by atoms with Crippen LogP contribution in [0.25, 0.3) is 0 Å². The molecule has 1 aromatic carbocycles. The zero-order valence-electron chi connectivity index (χ0n) is 5.67. The number of fused-ring (bicyclic) bond motifs is 1. The van der Waals surface area contributed by atoms with E-state index in [1.807, 2.05) is 18.2 Å². The third kappa shape index (κ3) is 1.24. The fraction of sp³-hybridized carbons (Fsp3) is 0. The molecule has 1 aliphatic heterocycles. The second-order valence-corrected chi connectivity index (χ2v) is 3.50. The molecule has 0 spiro atoms. The highest BCUT2D eigenvalue weighted by Crippen LogP contribution is 2.40. The Labute approximate surface area is 74.4 Å². The van der Waals surface area contributed by atoms with Crippen molar-refractivity contribution in [2.24, 2.45) is 0 Å². The summed E-state index contributed by atoms with van der Waals surface area (Å²) in [6.07, 6.45) is 0. The van der Waals surface area contributed by atoms with Gasteiger partial charge in [-0.25, -0.2) is 0 Å². The van der Waals surface area contributed by atoms with E-state index in [9.17, 15) is 0 Å². The Bertz CT molecular complexity index is 282. The average Bonchev–Trinajstić information content (AvgIpc) is 2.46. The predicted octanol–water partition coefficient (Wildman–Crippen LogP) is 3.24. The molecule has 1 N–H and O–H groups in total. The third-order valence-corrected chi connectivity index (χ3v) is 2.83. The minimum Gasteiger partial charge on any atom is -0.348 e. The molecule has 1 nitrogen and oxygen atoms in total. The number of para-hydroxylation sites is 1. The van der Waals surface area contributed by atoms with Crippen molar-refractivity contribution in [2.75, 3.05) is 5.32 Å². The molecule has 0 saturated heterocycles. The van der Waals surface area contributed by atoms with Crippen LogP contribution in [0.15, 0.2) is 39.7 Å². The van der Waals surface area contributed by atoms with E-state index in [4.69, 9.17) is 11.6 Å². The first kappa shape index (κ1) is 7.07. The van der Waals surface area contributed by atoms with Gasteiger partial charge in [0.05, 0.1) is 10.7 Å². The summed E-state index contributed by atoms with van der Waals surface area (Å²) in [5, 5.41) is 4.17. The van der Waals surface area contributed by atoms with Crippen molar-refractivity contribution in [3.8, 4) is 0 Å². The standard InChI is InChI=1S/C8H6ClNS/c9-5-8-10-6-3-1-2-4-7(6)11-8/h1-5,10H. The molecule has 56 valence electrons. The van der Waals surface area contributed by atoms with Gasteiger partial charge in [0.25, 0.3) is 0 Å². The lowest BCUT2D eigenvalue weighted by atomic mass is 10.3. The summed E-state index contributed by atoms with van der Waals surface area (Å²) < 4.78 is 0. The molecule has 0 aromatic heterocycles. The summed E-state index contributed by atoms with van der Waals surface area (Å²) in [5.74, 6) is 0. The van der Waals surface area contributed by atoms with Crippen molar-refractivity contribution in [3.63, 3.8) is 0 Å². The van der Waals surface area contributed by atoms with E-state index in [2.05, 4.69) is 11.4 Å². The van der Waals surface area contributed by atoms with Crippen LogP contribution in [-0.4, -0.2) is 0 Å². The third-order valence-electron chi connectivity index (χ3n) is 1.46. The smallest absolute Gasteiger partial charge is 0.0890 e. The summed E-state index contributed by atoms with van der Waals surface area (Å²) in [6, 6.07) is 8.13. The molecule has 0 fully saturated rings. The number of hydrogen-bond acceptors (Lipinski definition) is 2. The van der Waals surface area contributed by atoms with E-state index in [1.165, 1.54) is 4.90 Å². The molecular weight excluding hydrogens is 178 g/mol. The average molecular weight is 184 g/mol. The molecule has 0 amide bonds. The molecule has 0 unspecified atom stereocenters.